The number of carboxylic acids is 1. The molecule has 0 radical (unpaired) electrons. The van der Waals surface area contributed by atoms with Crippen LogP contribution in [0.1, 0.15) is 31.4 Å². The van der Waals surface area contributed by atoms with Crippen LogP contribution in [0.4, 0.5) is 0 Å². The Hall–Kier alpha value is -2.21. The summed E-state index contributed by atoms with van der Waals surface area (Å²) in [5.74, 6) is 0.418. The van der Waals surface area contributed by atoms with Gasteiger partial charge >= 0.3 is 5.97 Å². The number of aryl methyl sites for hydroxylation is 1. The van der Waals surface area contributed by atoms with Gasteiger partial charge < -0.3 is 14.6 Å². The van der Waals surface area contributed by atoms with Crippen molar-refractivity contribution in [2.45, 2.75) is 43.6 Å². The van der Waals surface area contributed by atoms with Gasteiger partial charge in [0.1, 0.15) is 11.6 Å². The minimum absolute atomic E-state index is 0.0921. The molecule has 2 aromatic rings. The average molecular weight is 361 g/mol. The highest BCUT2D eigenvalue weighted by molar-refractivity contribution is 7.99. The van der Waals surface area contributed by atoms with Gasteiger partial charge in [0.25, 0.3) is 0 Å². The van der Waals surface area contributed by atoms with Gasteiger partial charge in [0.05, 0.1) is 7.11 Å². The van der Waals surface area contributed by atoms with Gasteiger partial charge in [0.15, 0.2) is 11.5 Å². The number of aliphatic carboxylic acids is 1. The number of benzene rings is 1. The molecule has 25 heavy (non-hydrogen) atoms. The molecule has 2 rings (SSSR count). The highest BCUT2D eigenvalue weighted by atomic mass is 32.2. The monoisotopic (exact) mass is 361 g/mol. The average Bonchev–Trinajstić information content (AvgIpc) is 2.59. The van der Waals surface area contributed by atoms with E-state index in [-0.39, 0.29) is 6.42 Å². The largest absolute Gasteiger partial charge is 0.493 e. The summed E-state index contributed by atoms with van der Waals surface area (Å²) in [5, 5.41) is 10.2. The van der Waals surface area contributed by atoms with E-state index in [1.54, 1.807) is 25.1 Å². The van der Waals surface area contributed by atoms with Crippen LogP contribution in [0.25, 0.3) is 0 Å². The molecule has 0 atom stereocenters. The van der Waals surface area contributed by atoms with Crippen molar-refractivity contribution in [2.75, 3.05) is 7.11 Å². The van der Waals surface area contributed by atoms with Crippen LogP contribution in [-0.4, -0.2) is 28.4 Å². The maximum atomic E-state index is 10.7. The molecule has 0 saturated heterocycles. The summed E-state index contributed by atoms with van der Waals surface area (Å²) in [4.78, 5) is 15.1. The standard InChI is InChI=1S/C19H23NO4S/c1-13(2)25-19-15(5-4-10-20-19)12-24-16-8-6-14(7-9-18(21)22)11-17(16)23-3/h4-6,8,10-11,13H,7,9,12H2,1-3H3,(H,21,22). The summed E-state index contributed by atoms with van der Waals surface area (Å²) in [6.07, 6.45) is 2.34. The SMILES string of the molecule is COc1cc(CCC(=O)O)ccc1OCc1cccnc1SC(C)C. The molecule has 0 spiro atoms. The maximum absolute atomic E-state index is 10.7. The smallest absolute Gasteiger partial charge is 0.303 e. The van der Waals surface area contributed by atoms with Crippen LogP contribution in [-0.2, 0) is 17.8 Å². The lowest BCUT2D eigenvalue weighted by Crippen LogP contribution is -2.02. The van der Waals surface area contributed by atoms with Crippen molar-refractivity contribution >= 4 is 17.7 Å². The Bertz CT molecular complexity index is 718. The van der Waals surface area contributed by atoms with Crippen LogP contribution >= 0.6 is 11.8 Å². The normalized spacial score (nSPS) is 10.7. The van der Waals surface area contributed by atoms with Crippen molar-refractivity contribution < 1.29 is 19.4 Å². The van der Waals surface area contributed by atoms with Crippen molar-refractivity contribution in [2.24, 2.45) is 0 Å². The van der Waals surface area contributed by atoms with E-state index in [2.05, 4.69) is 18.8 Å². The number of pyridine rings is 1. The van der Waals surface area contributed by atoms with Gasteiger partial charge in [-0.1, -0.05) is 26.0 Å². The number of carboxylic acid groups (broad SMARTS) is 1. The second-order valence-corrected chi connectivity index (χ2v) is 7.37. The number of ether oxygens (including phenoxy) is 2. The third kappa shape index (κ3) is 5.98. The molecule has 0 amide bonds. The Balaban J connectivity index is 2.09. The number of thioether (sulfide) groups is 1. The molecule has 1 heterocycles. The molecule has 134 valence electrons. The van der Waals surface area contributed by atoms with Crippen LogP contribution in [0.5, 0.6) is 11.5 Å². The lowest BCUT2D eigenvalue weighted by molar-refractivity contribution is -0.136. The van der Waals surface area contributed by atoms with Crippen LogP contribution in [0.15, 0.2) is 41.6 Å². The molecule has 0 unspecified atom stereocenters. The zero-order valence-corrected chi connectivity index (χ0v) is 15.5. The molecule has 5 nitrogen and oxygen atoms in total. The summed E-state index contributed by atoms with van der Waals surface area (Å²) >= 11 is 1.70. The number of aromatic nitrogens is 1. The van der Waals surface area contributed by atoms with Crippen molar-refractivity contribution in [3.05, 3.63) is 47.7 Å². The zero-order chi connectivity index (χ0) is 18.2. The number of carbonyl (C=O) groups is 1. The van der Waals surface area contributed by atoms with Crippen LogP contribution in [0, 0.1) is 0 Å². The van der Waals surface area contributed by atoms with Crippen molar-refractivity contribution in [1.29, 1.82) is 0 Å². The van der Waals surface area contributed by atoms with E-state index >= 15 is 0 Å². The minimum Gasteiger partial charge on any atom is -0.493 e. The number of hydrogen-bond donors (Lipinski definition) is 1. The fourth-order valence-corrected chi connectivity index (χ4v) is 3.10. The lowest BCUT2D eigenvalue weighted by atomic mass is 10.1. The molecule has 0 bridgehead atoms. The number of methoxy groups -OCH3 is 1. The predicted molar refractivity (Wildman–Crippen MR) is 98.5 cm³/mol. The first-order valence-corrected chi connectivity index (χ1v) is 8.99. The number of hydrogen-bond acceptors (Lipinski definition) is 5. The molecule has 0 aliphatic heterocycles. The van der Waals surface area contributed by atoms with Gasteiger partial charge in [0, 0.05) is 23.4 Å². The molecule has 0 fully saturated rings. The molecule has 6 heteroatoms. The quantitative estimate of drug-likeness (QED) is 0.676. The number of nitrogens with zero attached hydrogens (tertiary/aromatic N) is 1. The van der Waals surface area contributed by atoms with Gasteiger partial charge in [-0.15, -0.1) is 11.8 Å². The van der Waals surface area contributed by atoms with Gasteiger partial charge in [-0.05, 0) is 30.2 Å². The molecule has 0 aliphatic rings. The molecular weight excluding hydrogens is 338 g/mol. The Morgan fingerprint density at radius 2 is 2.08 bits per heavy atom. The number of rotatable bonds is 9. The second kappa shape index (κ2) is 9.32. The van der Waals surface area contributed by atoms with Crippen LogP contribution < -0.4 is 9.47 Å². The van der Waals surface area contributed by atoms with E-state index in [0.717, 1.165) is 16.2 Å². The summed E-state index contributed by atoms with van der Waals surface area (Å²) in [5.41, 5.74) is 1.93. The fourth-order valence-electron chi connectivity index (χ4n) is 2.26. The lowest BCUT2D eigenvalue weighted by Gasteiger charge is -2.14. The van der Waals surface area contributed by atoms with E-state index in [9.17, 15) is 4.79 Å². The van der Waals surface area contributed by atoms with E-state index in [0.29, 0.717) is 29.8 Å². The van der Waals surface area contributed by atoms with E-state index in [1.807, 2.05) is 30.3 Å². The molecule has 0 saturated carbocycles. The Labute approximate surface area is 152 Å². The van der Waals surface area contributed by atoms with Crippen LogP contribution in [0.3, 0.4) is 0 Å². The summed E-state index contributed by atoms with van der Waals surface area (Å²) in [6, 6.07) is 9.42. The molecule has 1 aromatic heterocycles. The maximum Gasteiger partial charge on any atom is 0.303 e. The van der Waals surface area contributed by atoms with Gasteiger partial charge in [0.2, 0.25) is 0 Å². The highest BCUT2D eigenvalue weighted by Gasteiger charge is 2.11. The zero-order valence-electron chi connectivity index (χ0n) is 14.7. The molecular formula is C19H23NO4S. The third-order valence-electron chi connectivity index (χ3n) is 3.44. The summed E-state index contributed by atoms with van der Waals surface area (Å²) < 4.78 is 11.3. The Morgan fingerprint density at radius 3 is 2.76 bits per heavy atom. The van der Waals surface area contributed by atoms with Crippen LogP contribution in [0.2, 0.25) is 0 Å². The summed E-state index contributed by atoms with van der Waals surface area (Å²) in [7, 11) is 1.58. The first-order valence-electron chi connectivity index (χ1n) is 8.11. The highest BCUT2D eigenvalue weighted by Crippen LogP contribution is 2.31. The molecule has 0 aliphatic carbocycles. The van der Waals surface area contributed by atoms with Gasteiger partial charge in [-0.3, -0.25) is 4.79 Å². The summed E-state index contributed by atoms with van der Waals surface area (Å²) in [6.45, 7) is 4.65. The van der Waals surface area contributed by atoms with E-state index in [4.69, 9.17) is 14.6 Å². The predicted octanol–water partition coefficient (Wildman–Crippen LogP) is 4.19. The minimum atomic E-state index is -0.814. The van der Waals surface area contributed by atoms with Crippen molar-refractivity contribution in [1.82, 2.24) is 4.98 Å². The molecule has 1 N–H and O–H groups in total. The topological polar surface area (TPSA) is 68.7 Å². The second-order valence-electron chi connectivity index (χ2n) is 5.80. The van der Waals surface area contributed by atoms with E-state index < -0.39 is 5.97 Å². The third-order valence-corrected chi connectivity index (χ3v) is 4.50. The Kier molecular flexibility index (Phi) is 7.13. The molecule has 1 aromatic carbocycles. The van der Waals surface area contributed by atoms with E-state index in [1.165, 1.54) is 0 Å². The van der Waals surface area contributed by atoms with Crippen molar-refractivity contribution in [3.8, 4) is 11.5 Å². The first-order chi connectivity index (χ1) is 12.0. The Morgan fingerprint density at radius 1 is 1.28 bits per heavy atom. The fraction of sp³-hybridized carbons (Fsp3) is 0.368. The van der Waals surface area contributed by atoms with Gasteiger partial charge in [-0.2, -0.15) is 0 Å². The van der Waals surface area contributed by atoms with Crippen molar-refractivity contribution in [3.63, 3.8) is 0 Å². The van der Waals surface area contributed by atoms with Gasteiger partial charge in [-0.25, -0.2) is 4.98 Å². The first kappa shape index (κ1) is 19.1.